The first kappa shape index (κ1) is 17.1. The predicted octanol–water partition coefficient (Wildman–Crippen LogP) is 3.15. The van der Waals surface area contributed by atoms with Crippen LogP contribution >= 0.6 is 0 Å². The third-order valence-electron chi connectivity index (χ3n) is 3.56. The molecule has 132 valence electrons. The molecule has 2 N–H and O–H groups in total. The largest absolute Gasteiger partial charge is 0.449 e. The minimum absolute atomic E-state index is 0.000508. The Morgan fingerprint density at radius 3 is 2.65 bits per heavy atom. The van der Waals surface area contributed by atoms with Crippen molar-refractivity contribution in [3.63, 3.8) is 0 Å². The molecule has 0 aliphatic rings. The van der Waals surface area contributed by atoms with Gasteiger partial charge in [0.05, 0.1) is 10.5 Å². The van der Waals surface area contributed by atoms with E-state index in [-0.39, 0.29) is 22.8 Å². The fraction of sp³-hybridized carbons (Fsp3) is 0.118. The Morgan fingerprint density at radius 1 is 1.23 bits per heavy atom. The minimum Gasteiger partial charge on any atom is -0.449 e. The summed E-state index contributed by atoms with van der Waals surface area (Å²) in [4.78, 5) is 22.5. The molecule has 3 rings (SSSR count). The van der Waals surface area contributed by atoms with Gasteiger partial charge < -0.3 is 14.9 Å². The van der Waals surface area contributed by atoms with Crippen molar-refractivity contribution in [2.45, 2.75) is 13.0 Å². The lowest BCUT2D eigenvalue weighted by atomic mass is 10.2. The van der Waals surface area contributed by atoms with Gasteiger partial charge in [0.25, 0.3) is 11.6 Å². The van der Waals surface area contributed by atoms with Crippen LogP contribution in [0.4, 0.5) is 11.4 Å². The number of nitrogens with two attached hydrogens (primary N) is 1. The lowest BCUT2D eigenvalue weighted by Crippen LogP contribution is -2.10. The zero-order valence-electron chi connectivity index (χ0n) is 13.7. The van der Waals surface area contributed by atoms with Gasteiger partial charge in [0.2, 0.25) is 5.89 Å². The fourth-order valence-electron chi connectivity index (χ4n) is 2.20. The Balaban J connectivity index is 1.75. The number of aromatic nitrogens is 2. The molecule has 0 fully saturated rings. The summed E-state index contributed by atoms with van der Waals surface area (Å²) in [6, 6.07) is 12.8. The highest BCUT2D eigenvalue weighted by Crippen LogP contribution is 2.25. The SMILES string of the molecule is C[C@@H](OC(=O)c1ccc(N)c([N+](=O)[O-])c1)c1nnc(-c2ccccc2)o1. The molecule has 1 aromatic heterocycles. The molecule has 0 saturated carbocycles. The number of carbonyl (C=O) groups is 1. The van der Waals surface area contributed by atoms with Gasteiger partial charge in [0, 0.05) is 11.6 Å². The van der Waals surface area contributed by atoms with Crippen LogP contribution in [0.5, 0.6) is 0 Å². The summed E-state index contributed by atoms with van der Waals surface area (Å²) < 4.78 is 10.8. The van der Waals surface area contributed by atoms with Gasteiger partial charge in [-0.15, -0.1) is 10.2 Å². The summed E-state index contributed by atoms with van der Waals surface area (Å²) in [5.41, 5.74) is 5.85. The van der Waals surface area contributed by atoms with Crippen molar-refractivity contribution in [2.75, 3.05) is 5.73 Å². The van der Waals surface area contributed by atoms with Crippen LogP contribution in [-0.2, 0) is 4.74 Å². The second-order valence-electron chi connectivity index (χ2n) is 5.39. The van der Waals surface area contributed by atoms with Crippen molar-refractivity contribution in [1.29, 1.82) is 0 Å². The lowest BCUT2D eigenvalue weighted by Gasteiger charge is -2.09. The van der Waals surface area contributed by atoms with Crippen LogP contribution in [0.25, 0.3) is 11.5 Å². The number of nitrogens with zero attached hydrogens (tertiary/aromatic N) is 3. The van der Waals surface area contributed by atoms with E-state index in [0.29, 0.717) is 5.89 Å². The third kappa shape index (κ3) is 3.51. The molecule has 3 aromatic rings. The van der Waals surface area contributed by atoms with Crippen molar-refractivity contribution in [1.82, 2.24) is 10.2 Å². The van der Waals surface area contributed by atoms with Gasteiger partial charge in [0.1, 0.15) is 5.69 Å². The Bertz CT molecular complexity index is 955. The zero-order chi connectivity index (χ0) is 18.7. The second kappa shape index (κ2) is 7.01. The number of benzene rings is 2. The molecule has 1 atom stereocenters. The number of hydrogen-bond acceptors (Lipinski definition) is 8. The van der Waals surface area contributed by atoms with Crippen LogP contribution in [0.1, 0.15) is 29.3 Å². The molecule has 0 saturated heterocycles. The van der Waals surface area contributed by atoms with Crippen molar-refractivity contribution in [2.24, 2.45) is 0 Å². The first-order valence-electron chi connectivity index (χ1n) is 7.59. The molecule has 1 heterocycles. The van der Waals surface area contributed by atoms with Gasteiger partial charge in [-0.3, -0.25) is 10.1 Å². The molecular weight excluding hydrogens is 340 g/mol. The number of carbonyl (C=O) groups excluding carboxylic acids is 1. The average molecular weight is 354 g/mol. The van der Waals surface area contributed by atoms with Gasteiger partial charge in [-0.1, -0.05) is 18.2 Å². The Hall–Kier alpha value is -3.75. The number of anilines is 1. The van der Waals surface area contributed by atoms with Crippen LogP contribution in [0.2, 0.25) is 0 Å². The monoisotopic (exact) mass is 354 g/mol. The molecule has 0 spiro atoms. The van der Waals surface area contributed by atoms with Crippen molar-refractivity contribution in [3.8, 4) is 11.5 Å². The molecule has 9 heteroatoms. The molecule has 0 unspecified atom stereocenters. The van der Waals surface area contributed by atoms with E-state index < -0.39 is 17.0 Å². The van der Waals surface area contributed by atoms with E-state index >= 15 is 0 Å². The predicted molar refractivity (Wildman–Crippen MR) is 91.1 cm³/mol. The lowest BCUT2D eigenvalue weighted by molar-refractivity contribution is -0.383. The van der Waals surface area contributed by atoms with E-state index in [1.807, 2.05) is 30.3 Å². The van der Waals surface area contributed by atoms with Gasteiger partial charge in [-0.05, 0) is 31.2 Å². The first-order valence-corrected chi connectivity index (χ1v) is 7.59. The quantitative estimate of drug-likeness (QED) is 0.319. The number of nitrogen functional groups attached to an aromatic ring is 1. The summed E-state index contributed by atoms with van der Waals surface area (Å²) in [6.07, 6.45) is -0.830. The van der Waals surface area contributed by atoms with E-state index in [1.54, 1.807) is 6.92 Å². The van der Waals surface area contributed by atoms with Crippen LogP contribution in [-0.4, -0.2) is 21.1 Å². The van der Waals surface area contributed by atoms with Crippen molar-refractivity contribution in [3.05, 3.63) is 70.1 Å². The number of nitro benzene ring substituents is 1. The maximum atomic E-state index is 12.2. The van der Waals surface area contributed by atoms with Crippen LogP contribution in [0, 0.1) is 10.1 Å². The topological polar surface area (TPSA) is 134 Å². The fourth-order valence-corrected chi connectivity index (χ4v) is 2.20. The van der Waals surface area contributed by atoms with Crippen molar-refractivity contribution >= 4 is 17.3 Å². The van der Waals surface area contributed by atoms with Gasteiger partial charge in [-0.2, -0.15) is 0 Å². The molecule has 0 amide bonds. The molecule has 26 heavy (non-hydrogen) atoms. The Morgan fingerprint density at radius 2 is 1.96 bits per heavy atom. The number of rotatable bonds is 5. The first-order chi connectivity index (χ1) is 12.5. The van der Waals surface area contributed by atoms with E-state index in [1.165, 1.54) is 12.1 Å². The van der Waals surface area contributed by atoms with Gasteiger partial charge >= 0.3 is 5.97 Å². The van der Waals surface area contributed by atoms with Gasteiger partial charge in [0.15, 0.2) is 6.10 Å². The molecule has 9 nitrogen and oxygen atoms in total. The molecule has 0 bridgehead atoms. The summed E-state index contributed by atoms with van der Waals surface area (Å²) >= 11 is 0. The molecule has 0 radical (unpaired) electrons. The molecule has 0 aliphatic heterocycles. The van der Waals surface area contributed by atoms with E-state index in [4.69, 9.17) is 14.9 Å². The van der Waals surface area contributed by atoms with Crippen LogP contribution in [0.3, 0.4) is 0 Å². The molecular formula is C17H14N4O5. The number of nitro groups is 1. The normalized spacial score (nSPS) is 11.7. The summed E-state index contributed by atoms with van der Waals surface area (Å²) in [5.74, 6) is -0.353. The summed E-state index contributed by atoms with van der Waals surface area (Å²) in [6.45, 7) is 1.56. The maximum Gasteiger partial charge on any atom is 0.339 e. The molecule has 0 aliphatic carbocycles. The van der Waals surface area contributed by atoms with Crippen LogP contribution < -0.4 is 5.73 Å². The highest BCUT2D eigenvalue weighted by atomic mass is 16.6. The zero-order valence-corrected chi connectivity index (χ0v) is 13.7. The van der Waals surface area contributed by atoms with E-state index in [2.05, 4.69) is 10.2 Å². The molecule has 2 aromatic carbocycles. The summed E-state index contributed by atoms with van der Waals surface area (Å²) in [5, 5.41) is 18.7. The average Bonchev–Trinajstić information content (AvgIpc) is 3.13. The minimum atomic E-state index is -0.830. The third-order valence-corrected chi connectivity index (χ3v) is 3.56. The maximum absolute atomic E-state index is 12.2. The highest BCUT2D eigenvalue weighted by molar-refractivity contribution is 5.91. The summed E-state index contributed by atoms with van der Waals surface area (Å²) in [7, 11) is 0. The standard InChI is InChI=1S/C17H14N4O5/c1-10(15-19-20-16(26-15)11-5-3-2-4-6-11)25-17(22)12-7-8-13(18)14(9-12)21(23)24/h2-10H,18H2,1H3/t10-/m1/s1. The van der Waals surface area contributed by atoms with E-state index in [9.17, 15) is 14.9 Å². The van der Waals surface area contributed by atoms with E-state index in [0.717, 1.165) is 11.6 Å². The van der Waals surface area contributed by atoms with Crippen LogP contribution in [0.15, 0.2) is 52.9 Å². The number of hydrogen-bond donors (Lipinski definition) is 1. The number of ether oxygens (including phenoxy) is 1. The number of esters is 1. The van der Waals surface area contributed by atoms with Crippen molar-refractivity contribution < 1.29 is 18.9 Å². The second-order valence-corrected chi connectivity index (χ2v) is 5.39. The Kier molecular flexibility index (Phi) is 4.61. The Labute approximate surface area is 147 Å². The van der Waals surface area contributed by atoms with Gasteiger partial charge in [-0.25, -0.2) is 4.79 Å². The highest BCUT2D eigenvalue weighted by Gasteiger charge is 2.22. The smallest absolute Gasteiger partial charge is 0.339 e.